The largest absolute Gasteiger partial charge is 0.335 e. The summed E-state index contributed by atoms with van der Waals surface area (Å²) >= 11 is 0. The van der Waals surface area contributed by atoms with Gasteiger partial charge in [-0.15, -0.1) is 0 Å². The van der Waals surface area contributed by atoms with Gasteiger partial charge >= 0.3 is 12.1 Å². The van der Waals surface area contributed by atoms with E-state index in [2.05, 4.69) is 16.0 Å². The number of amides is 5. The van der Waals surface area contributed by atoms with Gasteiger partial charge in [0, 0.05) is 12.6 Å². The molecule has 1 saturated carbocycles. The zero-order valence-electron chi connectivity index (χ0n) is 13.5. The second kappa shape index (κ2) is 6.76. The Morgan fingerprint density at radius 2 is 1.78 bits per heavy atom. The molecule has 0 radical (unpaired) electrons. The minimum Gasteiger partial charge on any atom is -0.335 e. The molecule has 23 heavy (non-hydrogen) atoms. The number of urea groups is 2. The van der Waals surface area contributed by atoms with Crippen LogP contribution in [0.5, 0.6) is 0 Å². The standard InChI is InChI=1S/C16H26N4O3/c21-13-16(19-14(22)18-13)9-6-10-20(11-16)15(23)17-12-7-4-2-1-3-5-8-12/h12H,1-11H2,(H,17,23)(H2,18,19,21,22). The monoisotopic (exact) mass is 322 g/mol. The number of piperidine rings is 1. The van der Waals surface area contributed by atoms with Crippen molar-refractivity contribution in [2.45, 2.75) is 69.4 Å². The van der Waals surface area contributed by atoms with Crippen LogP contribution in [0.4, 0.5) is 9.59 Å². The van der Waals surface area contributed by atoms with E-state index < -0.39 is 11.6 Å². The maximum Gasteiger partial charge on any atom is 0.322 e. The summed E-state index contributed by atoms with van der Waals surface area (Å²) in [6.07, 6.45) is 9.45. The Morgan fingerprint density at radius 3 is 2.43 bits per heavy atom. The van der Waals surface area contributed by atoms with Crippen LogP contribution in [0.3, 0.4) is 0 Å². The summed E-state index contributed by atoms with van der Waals surface area (Å²) in [6, 6.07) is -0.339. The second-order valence-electron chi connectivity index (χ2n) is 7.01. The summed E-state index contributed by atoms with van der Waals surface area (Å²) in [4.78, 5) is 37.7. The van der Waals surface area contributed by atoms with Gasteiger partial charge in [-0.25, -0.2) is 9.59 Å². The first-order valence-electron chi connectivity index (χ1n) is 8.78. The van der Waals surface area contributed by atoms with Crippen molar-refractivity contribution in [1.82, 2.24) is 20.9 Å². The highest BCUT2D eigenvalue weighted by atomic mass is 16.2. The van der Waals surface area contributed by atoms with Crippen LogP contribution in [0, 0.1) is 0 Å². The van der Waals surface area contributed by atoms with Crippen LogP contribution < -0.4 is 16.0 Å². The van der Waals surface area contributed by atoms with Gasteiger partial charge in [-0.3, -0.25) is 10.1 Å². The average Bonchev–Trinajstić information content (AvgIpc) is 2.75. The van der Waals surface area contributed by atoms with Gasteiger partial charge in [0.05, 0.1) is 6.54 Å². The molecule has 0 aromatic carbocycles. The van der Waals surface area contributed by atoms with Gasteiger partial charge in [0.25, 0.3) is 5.91 Å². The summed E-state index contributed by atoms with van der Waals surface area (Å²) in [5.74, 6) is -0.314. The lowest BCUT2D eigenvalue weighted by molar-refractivity contribution is -0.125. The third-order valence-corrected chi connectivity index (χ3v) is 5.23. The number of imide groups is 1. The summed E-state index contributed by atoms with van der Waals surface area (Å²) in [7, 11) is 0. The van der Waals surface area contributed by atoms with Gasteiger partial charge in [0.1, 0.15) is 5.54 Å². The third kappa shape index (κ3) is 3.59. The van der Waals surface area contributed by atoms with Crippen molar-refractivity contribution in [3.63, 3.8) is 0 Å². The maximum absolute atomic E-state index is 12.6. The Hall–Kier alpha value is -1.79. The van der Waals surface area contributed by atoms with Crippen molar-refractivity contribution in [1.29, 1.82) is 0 Å². The fourth-order valence-electron chi connectivity index (χ4n) is 3.91. The summed E-state index contributed by atoms with van der Waals surface area (Å²) in [5.41, 5.74) is -0.937. The van der Waals surface area contributed by atoms with E-state index in [-0.39, 0.29) is 24.5 Å². The third-order valence-electron chi connectivity index (χ3n) is 5.23. The molecule has 1 aliphatic carbocycles. The Bertz CT molecular complexity index is 488. The maximum atomic E-state index is 12.6. The molecule has 2 heterocycles. The number of rotatable bonds is 1. The highest BCUT2D eigenvalue weighted by Crippen LogP contribution is 2.25. The highest BCUT2D eigenvalue weighted by Gasteiger charge is 2.49. The molecule has 3 rings (SSSR count). The molecule has 3 N–H and O–H groups in total. The van der Waals surface area contributed by atoms with Crippen LogP contribution in [0.2, 0.25) is 0 Å². The van der Waals surface area contributed by atoms with Crippen LogP contribution in [0.15, 0.2) is 0 Å². The molecule has 5 amide bonds. The van der Waals surface area contributed by atoms with Crippen molar-refractivity contribution in [3.05, 3.63) is 0 Å². The van der Waals surface area contributed by atoms with Crippen molar-refractivity contribution in [2.24, 2.45) is 0 Å². The predicted octanol–water partition coefficient (Wildman–Crippen LogP) is 1.48. The zero-order valence-corrected chi connectivity index (χ0v) is 13.5. The Morgan fingerprint density at radius 1 is 1.09 bits per heavy atom. The van der Waals surface area contributed by atoms with Crippen LogP contribution in [0.1, 0.15) is 57.8 Å². The van der Waals surface area contributed by atoms with Crippen LogP contribution in [-0.2, 0) is 4.79 Å². The van der Waals surface area contributed by atoms with E-state index in [0.29, 0.717) is 19.4 Å². The number of likely N-dealkylation sites (tertiary alicyclic amines) is 1. The minimum absolute atomic E-state index is 0.108. The molecule has 0 aromatic rings. The lowest BCUT2D eigenvalue weighted by atomic mass is 9.89. The number of carbonyl (C=O) groups excluding carboxylic acids is 3. The molecule has 0 aromatic heterocycles. The van der Waals surface area contributed by atoms with Gasteiger partial charge in [-0.2, -0.15) is 0 Å². The Balaban J connectivity index is 1.58. The van der Waals surface area contributed by atoms with E-state index in [1.807, 2.05) is 0 Å². The minimum atomic E-state index is -0.937. The Kier molecular flexibility index (Phi) is 4.73. The van der Waals surface area contributed by atoms with Crippen LogP contribution in [-0.4, -0.2) is 47.5 Å². The van der Waals surface area contributed by atoms with Crippen molar-refractivity contribution < 1.29 is 14.4 Å². The molecule has 1 spiro atoms. The van der Waals surface area contributed by atoms with Crippen LogP contribution in [0.25, 0.3) is 0 Å². The summed E-state index contributed by atoms with van der Waals surface area (Å²) in [6.45, 7) is 0.882. The molecule has 2 aliphatic heterocycles. The van der Waals surface area contributed by atoms with Gasteiger partial charge in [0.15, 0.2) is 0 Å². The van der Waals surface area contributed by atoms with Gasteiger partial charge in [-0.05, 0) is 25.7 Å². The SMILES string of the molecule is O=C1NC(=O)C2(CCCN(C(=O)NC3CCCCCCC3)C2)N1. The van der Waals surface area contributed by atoms with Crippen molar-refractivity contribution >= 4 is 18.0 Å². The Labute approximate surface area is 136 Å². The van der Waals surface area contributed by atoms with E-state index in [0.717, 1.165) is 25.7 Å². The molecule has 1 atom stereocenters. The molecule has 7 heteroatoms. The topological polar surface area (TPSA) is 90.5 Å². The highest BCUT2D eigenvalue weighted by molar-refractivity contribution is 6.07. The molecule has 3 fully saturated rings. The van der Waals surface area contributed by atoms with Gasteiger partial charge in [0.2, 0.25) is 0 Å². The number of nitrogens with one attached hydrogen (secondary N) is 3. The molecule has 128 valence electrons. The van der Waals surface area contributed by atoms with Gasteiger partial charge < -0.3 is 15.5 Å². The number of carbonyl (C=O) groups is 3. The second-order valence-corrected chi connectivity index (χ2v) is 7.01. The molecule has 1 unspecified atom stereocenters. The quantitative estimate of drug-likeness (QED) is 0.639. The van der Waals surface area contributed by atoms with Crippen LogP contribution >= 0.6 is 0 Å². The summed E-state index contributed by atoms with van der Waals surface area (Å²) in [5, 5.41) is 8.12. The first-order chi connectivity index (χ1) is 11.1. The molecule has 7 nitrogen and oxygen atoms in total. The molecular weight excluding hydrogens is 296 g/mol. The van der Waals surface area contributed by atoms with E-state index in [1.165, 1.54) is 19.3 Å². The fourth-order valence-corrected chi connectivity index (χ4v) is 3.91. The van der Waals surface area contributed by atoms with Gasteiger partial charge in [-0.1, -0.05) is 32.1 Å². The fraction of sp³-hybridized carbons (Fsp3) is 0.812. The van der Waals surface area contributed by atoms with Crippen molar-refractivity contribution in [3.8, 4) is 0 Å². The first-order valence-corrected chi connectivity index (χ1v) is 8.78. The molecule has 0 bridgehead atoms. The lowest BCUT2D eigenvalue weighted by Gasteiger charge is -2.38. The predicted molar refractivity (Wildman–Crippen MR) is 84.9 cm³/mol. The van der Waals surface area contributed by atoms with E-state index >= 15 is 0 Å². The van der Waals surface area contributed by atoms with E-state index in [9.17, 15) is 14.4 Å². The number of hydrogen-bond donors (Lipinski definition) is 3. The molecule has 3 aliphatic rings. The zero-order chi connectivity index (χ0) is 16.3. The van der Waals surface area contributed by atoms with E-state index in [4.69, 9.17) is 0 Å². The molecule has 2 saturated heterocycles. The summed E-state index contributed by atoms with van der Waals surface area (Å²) < 4.78 is 0. The number of nitrogens with zero attached hydrogens (tertiary/aromatic N) is 1. The lowest BCUT2D eigenvalue weighted by Crippen LogP contribution is -2.61. The first kappa shape index (κ1) is 16.1. The van der Waals surface area contributed by atoms with Crippen molar-refractivity contribution in [2.75, 3.05) is 13.1 Å². The average molecular weight is 322 g/mol. The molecular formula is C16H26N4O3. The normalized spacial score (nSPS) is 29.7. The number of hydrogen-bond acceptors (Lipinski definition) is 3. The smallest absolute Gasteiger partial charge is 0.322 e. The van der Waals surface area contributed by atoms with E-state index in [1.54, 1.807) is 4.90 Å².